The number of amides is 2. The van der Waals surface area contributed by atoms with Crippen LogP contribution < -0.4 is 10.6 Å². The van der Waals surface area contributed by atoms with Crippen LogP contribution in [0.15, 0.2) is 60.3 Å². The van der Waals surface area contributed by atoms with Gasteiger partial charge < -0.3 is 10.6 Å². The average Bonchev–Trinajstić information content (AvgIpc) is 2.56. The molecule has 0 heterocycles. The number of carbonyl (C=O) groups is 2. The topological polar surface area (TPSA) is 58.2 Å². The molecule has 0 aliphatic carbocycles. The summed E-state index contributed by atoms with van der Waals surface area (Å²) in [6.07, 6.45) is 1.66. The molecule has 0 bridgehead atoms. The molecule has 0 fully saturated rings. The number of benzene rings is 2. The molecule has 0 unspecified atom stereocenters. The fourth-order valence-electron chi connectivity index (χ4n) is 1.93. The van der Waals surface area contributed by atoms with Crippen molar-refractivity contribution in [3.8, 4) is 0 Å². The molecule has 2 aromatic carbocycles. The number of hydrogen-bond donors (Lipinski definition) is 2. The average molecular weight is 420 g/mol. The van der Waals surface area contributed by atoms with Gasteiger partial charge in [0, 0.05) is 15.7 Å². The van der Waals surface area contributed by atoms with Crippen LogP contribution in [-0.4, -0.2) is 18.4 Å². The second-order valence-corrected chi connectivity index (χ2v) is 6.03. The standard InChI is InChI=1S/C18H17IN2O2/c1-2-20-18(23)16(12-13-6-4-3-5-7-13)21-17(22)14-8-10-15(19)11-9-14/h3-12H,2H2,1H3,(H,20,23)(H,21,22)/b16-12-. The first-order valence-corrected chi connectivity index (χ1v) is 8.30. The SMILES string of the molecule is CCNC(=O)/C(=C/c1ccccc1)NC(=O)c1ccc(I)cc1. The van der Waals surface area contributed by atoms with Gasteiger partial charge in [-0.1, -0.05) is 30.3 Å². The van der Waals surface area contributed by atoms with E-state index < -0.39 is 0 Å². The Morgan fingerprint density at radius 1 is 1.04 bits per heavy atom. The van der Waals surface area contributed by atoms with Crippen LogP contribution in [0, 0.1) is 3.57 Å². The minimum absolute atomic E-state index is 0.224. The monoisotopic (exact) mass is 420 g/mol. The second kappa shape index (κ2) is 8.47. The summed E-state index contributed by atoms with van der Waals surface area (Å²) in [5.41, 5.74) is 1.58. The zero-order valence-electron chi connectivity index (χ0n) is 12.7. The van der Waals surface area contributed by atoms with Crippen molar-refractivity contribution in [1.82, 2.24) is 10.6 Å². The maximum atomic E-state index is 12.3. The predicted molar refractivity (Wildman–Crippen MR) is 99.7 cm³/mol. The van der Waals surface area contributed by atoms with Crippen LogP contribution in [0.4, 0.5) is 0 Å². The number of nitrogens with one attached hydrogen (secondary N) is 2. The molecule has 4 nitrogen and oxygen atoms in total. The molecular formula is C18H17IN2O2. The molecule has 0 saturated heterocycles. The number of hydrogen-bond acceptors (Lipinski definition) is 2. The molecule has 0 aliphatic rings. The Labute approximate surface area is 149 Å². The highest BCUT2D eigenvalue weighted by molar-refractivity contribution is 14.1. The number of halogens is 1. The Hall–Kier alpha value is -2.15. The highest BCUT2D eigenvalue weighted by Crippen LogP contribution is 2.09. The first kappa shape index (κ1) is 17.2. The Kier molecular flexibility index (Phi) is 6.34. The summed E-state index contributed by atoms with van der Waals surface area (Å²) in [7, 11) is 0. The van der Waals surface area contributed by atoms with Gasteiger partial charge in [0.15, 0.2) is 0 Å². The normalized spacial score (nSPS) is 11.0. The fourth-order valence-corrected chi connectivity index (χ4v) is 2.29. The van der Waals surface area contributed by atoms with E-state index in [2.05, 4.69) is 33.2 Å². The molecule has 0 saturated carbocycles. The van der Waals surface area contributed by atoms with Crippen molar-refractivity contribution >= 4 is 40.5 Å². The van der Waals surface area contributed by atoms with E-state index in [0.717, 1.165) is 9.13 Å². The van der Waals surface area contributed by atoms with Gasteiger partial charge in [-0.25, -0.2) is 0 Å². The molecule has 0 aromatic heterocycles. The van der Waals surface area contributed by atoms with E-state index in [1.165, 1.54) is 0 Å². The van der Waals surface area contributed by atoms with Crippen LogP contribution in [0.2, 0.25) is 0 Å². The number of rotatable bonds is 5. The molecule has 2 aromatic rings. The van der Waals surface area contributed by atoms with E-state index in [-0.39, 0.29) is 17.5 Å². The van der Waals surface area contributed by atoms with Crippen LogP contribution in [0.5, 0.6) is 0 Å². The van der Waals surface area contributed by atoms with E-state index in [1.54, 1.807) is 18.2 Å². The summed E-state index contributed by atoms with van der Waals surface area (Å²) < 4.78 is 1.04. The Balaban J connectivity index is 2.24. The van der Waals surface area contributed by atoms with E-state index in [1.807, 2.05) is 49.4 Å². The molecule has 0 aliphatic heterocycles. The Morgan fingerprint density at radius 2 is 1.70 bits per heavy atom. The highest BCUT2D eigenvalue weighted by atomic mass is 127. The van der Waals surface area contributed by atoms with Gasteiger partial charge in [0.25, 0.3) is 11.8 Å². The highest BCUT2D eigenvalue weighted by Gasteiger charge is 2.13. The van der Waals surface area contributed by atoms with Crippen LogP contribution in [0.1, 0.15) is 22.8 Å². The maximum absolute atomic E-state index is 12.3. The lowest BCUT2D eigenvalue weighted by Gasteiger charge is -2.10. The third kappa shape index (κ3) is 5.21. The molecule has 23 heavy (non-hydrogen) atoms. The molecule has 0 atom stereocenters. The van der Waals surface area contributed by atoms with Crippen molar-refractivity contribution in [2.45, 2.75) is 6.92 Å². The lowest BCUT2D eigenvalue weighted by molar-refractivity contribution is -0.117. The van der Waals surface area contributed by atoms with Gasteiger partial charge in [-0.3, -0.25) is 9.59 Å². The minimum Gasteiger partial charge on any atom is -0.351 e. The predicted octanol–water partition coefficient (Wildman–Crippen LogP) is 3.20. The van der Waals surface area contributed by atoms with E-state index >= 15 is 0 Å². The van der Waals surface area contributed by atoms with Crippen molar-refractivity contribution < 1.29 is 9.59 Å². The fraction of sp³-hybridized carbons (Fsp3) is 0.111. The third-order valence-corrected chi connectivity index (χ3v) is 3.77. The van der Waals surface area contributed by atoms with Crippen molar-refractivity contribution in [2.75, 3.05) is 6.54 Å². The third-order valence-electron chi connectivity index (χ3n) is 3.05. The van der Waals surface area contributed by atoms with Crippen molar-refractivity contribution in [3.05, 3.63) is 75.0 Å². The molecule has 118 valence electrons. The van der Waals surface area contributed by atoms with Gasteiger partial charge in [-0.05, 0) is 65.4 Å². The summed E-state index contributed by atoms with van der Waals surface area (Å²) >= 11 is 2.17. The van der Waals surface area contributed by atoms with Crippen molar-refractivity contribution in [3.63, 3.8) is 0 Å². The minimum atomic E-state index is -0.310. The van der Waals surface area contributed by atoms with E-state index in [0.29, 0.717) is 12.1 Å². The maximum Gasteiger partial charge on any atom is 0.267 e. The van der Waals surface area contributed by atoms with Gasteiger partial charge in [0.1, 0.15) is 5.70 Å². The Bertz CT molecular complexity index is 710. The summed E-state index contributed by atoms with van der Waals surface area (Å²) in [6.45, 7) is 2.32. The van der Waals surface area contributed by atoms with E-state index in [9.17, 15) is 9.59 Å². The zero-order chi connectivity index (χ0) is 16.7. The quantitative estimate of drug-likeness (QED) is 0.577. The first-order valence-electron chi connectivity index (χ1n) is 7.22. The molecule has 2 N–H and O–H groups in total. The van der Waals surface area contributed by atoms with Crippen molar-refractivity contribution in [2.24, 2.45) is 0 Å². The molecule has 5 heteroatoms. The van der Waals surface area contributed by atoms with E-state index in [4.69, 9.17) is 0 Å². The zero-order valence-corrected chi connectivity index (χ0v) is 14.8. The number of likely N-dealkylation sites (N-methyl/N-ethyl adjacent to an activating group) is 1. The van der Waals surface area contributed by atoms with Gasteiger partial charge in [0.2, 0.25) is 0 Å². The molecule has 2 rings (SSSR count). The summed E-state index contributed by atoms with van der Waals surface area (Å²) in [5, 5.41) is 5.40. The van der Waals surface area contributed by atoms with Crippen molar-refractivity contribution in [1.29, 1.82) is 0 Å². The van der Waals surface area contributed by atoms with Crippen LogP contribution in [0.3, 0.4) is 0 Å². The van der Waals surface area contributed by atoms with Gasteiger partial charge in [0.05, 0.1) is 0 Å². The van der Waals surface area contributed by atoms with Gasteiger partial charge >= 0.3 is 0 Å². The largest absolute Gasteiger partial charge is 0.351 e. The van der Waals surface area contributed by atoms with Gasteiger partial charge in [-0.2, -0.15) is 0 Å². The second-order valence-electron chi connectivity index (χ2n) is 4.79. The summed E-state index contributed by atoms with van der Waals surface area (Å²) in [4.78, 5) is 24.5. The van der Waals surface area contributed by atoms with Crippen LogP contribution in [-0.2, 0) is 4.79 Å². The number of carbonyl (C=O) groups excluding carboxylic acids is 2. The molecular weight excluding hydrogens is 403 g/mol. The molecule has 2 amide bonds. The summed E-state index contributed by atoms with van der Waals surface area (Å²) in [5.74, 6) is -0.620. The smallest absolute Gasteiger partial charge is 0.267 e. The lowest BCUT2D eigenvalue weighted by atomic mass is 10.1. The Morgan fingerprint density at radius 3 is 2.30 bits per heavy atom. The van der Waals surface area contributed by atoms with Gasteiger partial charge in [-0.15, -0.1) is 0 Å². The van der Waals surface area contributed by atoms with Crippen LogP contribution >= 0.6 is 22.6 Å². The van der Waals surface area contributed by atoms with Crippen LogP contribution in [0.25, 0.3) is 6.08 Å². The first-order chi connectivity index (χ1) is 11.1. The molecule has 0 spiro atoms. The molecule has 0 radical (unpaired) electrons. The lowest BCUT2D eigenvalue weighted by Crippen LogP contribution is -2.34. The summed E-state index contributed by atoms with van der Waals surface area (Å²) in [6, 6.07) is 16.6.